The van der Waals surface area contributed by atoms with Crippen molar-refractivity contribution in [1.82, 2.24) is 4.90 Å². The number of likely N-dealkylation sites (tertiary alicyclic amines) is 1. The number of ether oxygens (including phenoxy) is 1. The Morgan fingerprint density at radius 3 is 2.52 bits per heavy atom. The number of hydrogen-bond acceptors (Lipinski definition) is 4. The van der Waals surface area contributed by atoms with E-state index in [1.807, 2.05) is 30.0 Å². The van der Waals surface area contributed by atoms with Crippen LogP contribution in [0.5, 0.6) is 5.75 Å². The number of methoxy groups -OCH3 is 1. The molecule has 33 heavy (non-hydrogen) atoms. The molecular formula is C26H31N3O4. The van der Waals surface area contributed by atoms with Crippen molar-refractivity contribution >= 4 is 29.1 Å². The maximum absolute atomic E-state index is 12.9. The Labute approximate surface area is 194 Å². The monoisotopic (exact) mass is 449 g/mol. The molecule has 2 unspecified atom stereocenters. The quantitative estimate of drug-likeness (QED) is 0.748. The number of amides is 3. The highest BCUT2D eigenvalue weighted by molar-refractivity contribution is 6.04. The Bertz CT molecular complexity index is 1050. The molecule has 3 amide bonds. The molecule has 0 aliphatic carbocycles. The number of hydrogen-bond donors (Lipinski definition) is 1. The second-order valence-electron chi connectivity index (χ2n) is 8.97. The van der Waals surface area contributed by atoms with Gasteiger partial charge in [0.1, 0.15) is 5.75 Å². The number of carbonyl (C=O) groups is 3. The Morgan fingerprint density at radius 2 is 1.85 bits per heavy atom. The molecular weight excluding hydrogens is 418 g/mol. The van der Waals surface area contributed by atoms with Crippen molar-refractivity contribution in [3.63, 3.8) is 0 Å². The molecule has 174 valence electrons. The summed E-state index contributed by atoms with van der Waals surface area (Å²) in [4.78, 5) is 42.0. The van der Waals surface area contributed by atoms with Gasteiger partial charge in [0.05, 0.1) is 13.0 Å². The van der Waals surface area contributed by atoms with Crippen molar-refractivity contribution in [1.29, 1.82) is 0 Å². The number of piperidine rings is 1. The molecule has 0 saturated carbocycles. The van der Waals surface area contributed by atoms with Crippen LogP contribution in [0.4, 0.5) is 11.4 Å². The molecule has 0 spiro atoms. The molecule has 2 aromatic carbocycles. The van der Waals surface area contributed by atoms with Gasteiger partial charge in [0.25, 0.3) is 5.91 Å². The Morgan fingerprint density at radius 1 is 1.09 bits per heavy atom. The van der Waals surface area contributed by atoms with Gasteiger partial charge in [-0.1, -0.05) is 0 Å². The molecule has 2 aromatic rings. The fraction of sp³-hybridized carbons (Fsp3) is 0.423. The molecule has 7 heteroatoms. The van der Waals surface area contributed by atoms with Crippen LogP contribution in [0.2, 0.25) is 0 Å². The minimum absolute atomic E-state index is 0.0414. The van der Waals surface area contributed by atoms with Crippen LogP contribution in [0.25, 0.3) is 0 Å². The van der Waals surface area contributed by atoms with E-state index in [-0.39, 0.29) is 30.2 Å². The van der Waals surface area contributed by atoms with Crippen LogP contribution >= 0.6 is 0 Å². The van der Waals surface area contributed by atoms with Crippen LogP contribution < -0.4 is 15.0 Å². The van der Waals surface area contributed by atoms with Crippen LogP contribution in [0.1, 0.15) is 48.5 Å². The minimum atomic E-state index is -0.436. The summed E-state index contributed by atoms with van der Waals surface area (Å²) in [7, 11) is 1.59. The maximum Gasteiger partial charge on any atom is 0.254 e. The van der Waals surface area contributed by atoms with Gasteiger partial charge in [-0.05, 0) is 81.1 Å². The molecule has 0 bridgehead atoms. The standard InChI is InChI=1S/C26H31N3O4/c1-17-14-19(26(32)28-13-5-4-6-18(28)2)7-12-23(17)27-25(31)20-15-24(30)29(16-20)21-8-10-22(33-3)11-9-21/h7-12,14,18,20H,4-6,13,15-16H2,1-3H3,(H,27,31). The predicted molar refractivity (Wildman–Crippen MR) is 128 cm³/mol. The Hall–Kier alpha value is -3.35. The molecule has 0 aromatic heterocycles. The van der Waals surface area contributed by atoms with E-state index in [0.717, 1.165) is 37.1 Å². The number of nitrogens with zero attached hydrogens (tertiary/aromatic N) is 2. The Balaban J connectivity index is 1.41. The lowest BCUT2D eigenvalue weighted by molar-refractivity contribution is -0.122. The summed E-state index contributed by atoms with van der Waals surface area (Å²) in [6, 6.07) is 12.9. The van der Waals surface area contributed by atoms with E-state index >= 15 is 0 Å². The molecule has 2 atom stereocenters. The van der Waals surface area contributed by atoms with Crippen molar-refractivity contribution in [2.45, 2.75) is 45.6 Å². The number of aryl methyl sites for hydroxylation is 1. The van der Waals surface area contributed by atoms with Crippen molar-refractivity contribution in [3.8, 4) is 5.75 Å². The first-order chi connectivity index (χ1) is 15.9. The highest BCUT2D eigenvalue weighted by Crippen LogP contribution is 2.28. The zero-order valence-corrected chi connectivity index (χ0v) is 19.5. The summed E-state index contributed by atoms with van der Waals surface area (Å²) in [5, 5.41) is 2.95. The largest absolute Gasteiger partial charge is 0.497 e. The van der Waals surface area contributed by atoms with Crippen molar-refractivity contribution in [2.24, 2.45) is 5.92 Å². The van der Waals surface area contributed by atoms with E-state index in [1.54, 1.807) is 36.3 Å². The van der Waals surface area contributed by atoms with E-state index in [2.05, 4.69) is 12.2 Å². The van der Waals surface area contributed by atoms with Gasteiger partial charge in [0, 0.05) is 42.5 Å². The maximum atomic E-state index is 12.9. The summed E-state index contributed by atoms with van der Waals surface area (Å²) in [6.07, 6.45) is 3.40. The highest BCUT2D eigenvalue weighted by atomic mass is 16.5. The second-order valence-corrected chi connectivity index (χ2v) is 8.97. The first-order valence-corrected chi connectivity index (χ1v) is 11.5. The summed E-state index contributed by atoms with van der Waals surface area (Å²) in [5.74, 6) is 0.0564. The minimum Gasteiger partial charge on any atom is -0.497 e. The summed E-state index contributed by atoms with van der Waals surface area (Å²) < 4.78 is 5.17. The van der Waals surface area contributed by atoms with Crippen molar-refractivity contribution in [2.75, 3.05) is 30.4 Å². The first kappa shape index (κ1) is 22.8. The van der Waals surface area contributed by atoms with Gasteiger partial charge in [0.2, 0.25) is 11.8 Å². The molecule has 2 saturated heterocycles. The molecule has 4 rings (SSSR count). The Kier molecular flexibility index (Phi) is 6.67. The molecule has 1 N–H and O–H groups in total. The molecule has 2 heterocycles. The third kappa shape index (κ3) is 4.87. The topological polar surface area (TPSA) is 79.0 Å². The van der Waals surface area contributed by atoms with E-state index in [1.165, 1.54) is 0 Å². The fourth-order valence-electron chi connectivity index (χ4n) is 4.63. The van der Waals surface area contributed by atoms with E-state index in [0.29, 0.717) is 23.5 Å². The summed E-state index contributed by atoms with van der Waals surface area (Å²) in [6.45, 7) is 5.10. The van der Waals surface area contributed by atoms with Crippen LogP contribution in [0.15, 0.2) is 42.5 Å². The average molecular weight is 450 g/mol. The highest BCUT2D eigenvalue weighted by Gasteiger charge is 2.35. The third-order valence-corrected chi connectivity index (χ3v) is 6.67. The van der Waals surface area contributed by atoms with Gasteiger partial charge in [-0.2, -0.15) is 0 Å². The van der Waals surface area contributed by atoms with Crippen LogP contribution in [-0.2, 0) is 9.59 Å². The molecule has 0 radical (unpaired) electrons. The van der Waals surface area contributed by atoms with Gasteiger partial charge < -0.3 is 19.9 Å². The van der Waals surface area contributed by atoms with E-state index in [9.17, 15) is 14.4 Å². The number of rotatable bonds is 5. The first-order valence-electron chi connectivity index (χ1n) is 11.5. The summed E-state index contributed by atoms with van der Waals surface area (Å²) >= 11 is 0. The predicted octanol–water partition coefficient (Wildman–Crippen LogP) is 4.01. The lowest BCUT2D eigenvalue weighted by Crippen LogP contribution is -2.42. The zero-order valence-electron chi connectivity index (χ0n) is 19.5. The van der Waals surface area contributed by atoms with Crippen LogP contribution in [-0.4, -0.2) is 48.9 Å². The van der Waals surface area contributed by atoms with Gasteiger partial charge in [0.15, 0.2) is 0 Å². The number of benzene rings is 2. The van der Waals surface area contributed by atoms with Gasteiger partial charge >= 0.3 is 0 Å². The zero-order chi connectivity index (χ0) is 23.5. The molecule has 7 nitrogen and oxygen atoms in total. The summed E-state index contributed by atoms with van der Waals surface area (Å²) in [5.41, 5.74) is 2.89. The fourth-order valence-corrected chi connectivity index (χ4v) is 4.63. The van der Waals surface area contributed by atoms with Crippen LogP contribution in [0.3, 0.4) is 0 Å². The SMILES string of the molecule is COc1ccc(N2CC(C(=O)Nc3ccc(C(=O)N4CCCCC4C)cc3C)CC2=O)cc1. The second kappa shape index (κ2) is 9.65. The number of nitrogens with one attached hydrogen (secondary N) is 1. The van der Waals surface area contributed by atoms with Crippen LogP contribution in [0, 0.1) is 12.8 Å². The molecule has 2 fully saturated rings. The molecule has 2 aliphatic rings. The normalized spacial score (nSPS) is 20.6. The average Bonchev–Trinajstić information content (AvgIpc) is 3.22. The smallest absolute Gasteiger partial charge is 0.254 e. The molecule has 2 aliphatic heterocycles. The third-order valence-electron chi connectivity index (χ3n) is 6.67. The number of anilines is 2. The van der Waals surface area contributed by atoms with Crippen molar-refractivity contribution < 1.29 is 19.1 Å². The van der Waals surface area contributed by atoms with Crippen molar-refractivity contribution in [3.05, 3.63) is 53.6 Å². The van der Waals surface area contributed by atoms with Gasteiger partial charge in [-0.25, -0.2) is 0 Å². The van der Waals surface area contributed by atoms with E-state index in [4.69, 9.17) is 4.74 Å². The van der Waals surface area contributed by atoms with E-state index < -0.39 is 5.92 Å². The van der Waals surface area contributed by atoms with Gasteiger partial charge in [-0.15, -0.1) is 0 Å². The lowest BCUT2D eigenvalue weighted by atomic mass is 10.0. The number of carbonyl (C=O) groups excluding carboxylic acids is 3. The van der Waals surface area contributed by atoms with Gasteiger partial charge in [-0.3, -0.25) is 14.4 Å². The lowest BCUT2D eigenvalue weighted by Gasteiger charge is -2.33.